The van der Waals surface area contributed by atoms with Crippen LogP contribution in [0.1, 0.15) is 5.56 Å². The van der Waals surface area contributed by atoms with Crippen LogP contribution in [0.25, 0.3) is 0 Å². The van der Waals surface area contributed by atoms with Gasteiger partial charge in [0.05, 0.1) is 0 Å². The van der Waals surface area contributed by atoms with E-state index in [1.807, 2.05) is 25.5 Å². The van der Waals surface area contributed by atoms with Gasteiger partial charge in [-0.1, -0.05) is 30.3 Å². The molecule has 0 aliphatic heterocycles. The summed E-state index contributed by atoms with van der Waals surface area (Å²) in [6.45, 7) is 0. The lowest BCUT2D eigenvalue weighted by Crippen LogP contribution is -2.00. The van der Waals surface area contributed by atoms with Crippen LogP contribution in [0.15, 0.2) is 47.1 Å². The Balaban J connectivity index is 2.70. The van der Waals surface area contributed by atoms with Crippen LogP contribution in [0.3, 0.4) is 0 Å². The third-order valence-corrected chi connectivity index (χ3v) is 1.88. The first kappa shape index (κ1) is 10.5. The molecule has 0 bridgehead atoms. The normalized spacial score (nSPS) is 12.0. The highest BCUT2D eigenvalue weighted by Crippen LogP contribution is 2.05. The zero-order chi connectivity index (χ0) is 10.2. The second-order valence-electron chi connectivity index (χ2n) is 3.06. The maximum absolute atomic E-state index is 4.02. The SMILES string of the molecule is CN=C/C(=C\NC)Cc1ccccc1. The van der Waals surface area contributed by atoms with Gasteiger partial charge in [-0.15, -0.1) is 0 Å². The monoisotopic (exact) mass is 188 g/mol. The van der Waals surface area contributed by atoms with Crippen molar-refractivity contribution in [3.63, 3.8) is 0 Å². The lowest BCUT2D eigenvalue weighted by Gasteiger charge is -2.01. The van der Waals surface area contributed by atoms with Gasteiger partial charge in [0.25, 0.3) is 0 Å². The van der Waals surface area contributed by atoms with Gasteiger partial charge >= 0.3 is 0 Å². The Kier molecular flexibility index (Phi) is 4.48. The summed E-state index contributed by atoms with van der Waals surface area (Å²) in [5, 5.41) is 3.02. The molecule has 0 atom stereocenters. The molecule has 0 saturated heterocycles. The Morgan fingerprint density at radius 2 is 2.07 bits per heavy atom. The van der Waals surface area contributed by atoms with Crippen molar-refractivity contribution >= 4 is 6.21 Å². The Hall–Kier alpha value is -1.57. The molecule has 1 rings (SSSR count). The van der Waals surface area contributed by atoms with Gasteiger partial charge in [-0.3, -0.25) is 4.99 Å². The van der Waals surface area contributed by atoms with Crippen molar-refractivity contribution in [2.24, 2.45) is 4.99 Å². The van der Waals surface area contributed by atoms with E-state index in [0.29, 0.717) is 0 Å². The summed E-state index contributed by atoms with van der Waals surface area (Å²) < 4.78 is 0. The summed E-state index contributed by atoms with van der Waals surface area (Å²) >= 11 is 0. The maximum atomic E-state index is 4.02. The molecule has 0 radical (unpaired) electrons. The van der Waals surface area contributed by atoms with Crippen LogP contribution in [0, 0.1) is 0 Å². The molecule has 0 unspecified atom stereocenters. The van der Waals surface area contributed by atoms with Gasteiger partial charge in [0.15, 0.2) is 0 Å². The number of allylic oxidation sites excluding steroid dienone is 1. The molecule has 0 spiro atoms. The molecule has 74 valence electrons. The molecule has 1 N–H and O–H groups in total. The van der Waals surface area contributed by atoms with Gasteiger partial charge in [-0.2, -0.15) is 0 Å². The zero-order valence-electron chi connectivity index (χ0n) is 8.70. The van der Waals surface area contributed by atoms with Crippen molar-refractivity contribution < 1.29 is 0 Å². The van der Waals surface area contributed by atoms with Crippen LogP contribution in [0.4, 0.5) is 0 Å². The van der Waals surface area contributed by atoms with E-state index in [4.69, 9.17) is 0 Å². The first-order valence-electron chi connectivity index (χ1n) is 4.69. The van der Waals surface area contributed by atoms with Crippen molar-refractivity contribution in [2.45, 2.75) is 6.42 Å². The average Bonchev–Trinajstić information content (AvgIpc) is 2.20. The van der Waals surface area contributed by atoms with E-state index in [9.17, 15) is 0 Å². The molecule has 0 heterocycles. The van der Waals surface area contributed by atoms with E-state index in [0.717, 1.165) is 6.42 Å². The Labute approximate surface area is 85.4 Å². The van der Waals surface area contributed by atoms with Gasteiger partial charge in [-0.25, -0.2) is 0 Å². The van der Waals surface area contributed by atoms with Crippen LogP contribution < -0.4 is 5.32 Å². The lowest BCUT2D eigenvalue weighted by molar-refractivity contribution is 1.06. The largest absolute Gasteiger partial charge is 0.394 e. The van der Waals surface area contributed by atoms with Crippen molar-refractivity contribution in [1.29, 1.82) is 0 Å². The van der Waals surface area contributed by atoms with E-state index in [1.165, 1.54) is 11.1 Å². The molecule has 0 saturated carbocycles. The highest BCUT2D eigenvalue weighted by molar-refractivity contribution is 5.78. The van der Waals surface area contributed by atoms with E-state index < -0.39 is 0 Å². The van der Waals surface area contributed by atoms with E-state index in [1.54, 1.807) is 7.05 Å². The zero-order valence-corrected chi connectivity index (χ0v) is 8.70. The molecule has 0 aliphatic carbocycles. The predicted molar refractivity (Wildman–Crippen MR) is 61.7 cm³/mol. The first-order valence-corrected chi connectivity index (χ1v) is 4.69. The number of aliphatic imine (C=N–C) groups is 1. The van der Waals surface area contributed by atoms with Crippen LogP contribution in [-0.2, 0) is 6.42 Å². The minimum Gasteiger partial charge on any atom is -0.394 e. The summed E-state index contributed by atoms with van der Waals surface area (Å²) in [6, 6.07) is 10.4. The fourth-order valence-corrected chi connectivity index (χ4v) is 1.32. The topological polar surface area (TPSA) is 24.4 Å². The molecule has 14 heavy (non-hydrogen) atoms. The second kappa shape index (κ2) is 5.97. The maximum Gasteiger partial charge on any atom is 0.0277 e. The van der Waals surface area contributed by atoms with Crippen LogP contribution in [0.2, 0.25) is 0 Å². The summed E-state index contributed by atoms with van der Waals surface area (Å²) in [7, 11) is 3.68. The third kappa shape index (κ3) is 3.44. The number of hydrogen-bond acceptors (Lipinski definition) is 2. The number of rotatable bonds is 4. The van der Waals surface area contributed by atoms with Crippen LogP contribution in [-0.4, -0.2) is 20.3 Å². The van der Waals surface area contributed by atoms with Crippen molar-refractivity contribution in [3.05, 3.63) is 47.7 Å². The smallest absolute Gasteiger partial charge is 0.0277 e. The van der Waals surface area contributed by atoms with Crippen LogP contribution in [0.5, 0.6) is 0 Å². The first-order chi connectivity index (χ1) is 6.86. The molecule has 0 aliphatic rings. The second-order valence-corrected chi connectivity index (χ2v) is 3.06. The summed E-state index contributed by atoms with van der Waals surface area (Å²) in [5.74, 6) is 0. The van der Waals surface area contributed by atoms with Crippen molar-refractivity contribution in [1.82, 2.24) is 5.32 Å². The van der Waals surface area contributed by atoms with Gasteiger partial charge in [0, 0.05) is 32.9 Å². The van der Waals surface area contributed by atoms with Gasteiger partial charge in [-0.05, 0) is 11.1 Å². The average molecular weight is 188 g/mol. The summed E-state index contributed by atoms with van der Waals surface area (Å²) in [4.78, 5) is 4.02. The van der Waals surface area contributed by atoms with E-state index in [2.05, 4.69) is 34.6 Å². The minimum absolute atomic E-state index is 0.916. The Morgan fingerprint density at radius 1 is 1.36 bits per heavy atom. The van der Waals surface area contributed by atoms with Gasteiger partial charge in [0.2, 0.25) is 0 Å². The number of benzene rings is 1. The quantitative estimate of drug-likeness (QED) is 0.718. The molecule has 2 nitrogen and oxygen atoms in total. The highest BCUT2D eigenvalue weighted by atomic mass is 14.8. The standard InChI is InChI=1S/C12H16N2/c1-13-9-12(10-14-2)8-11-6-4-3-5-7-11/h3-7,9-10,13H,8H2,1-2H3/b12-9-,14-10?. The number of nitrogens with zero attached hydrogens (tertiary/aromatic N) is 1. The van der Waals surface area contributed by atoms with Crippen molar-refractivity contribution in [2.75, 3.05) is 14.1 Å². The summed E-state index contributed by atoms with van der Waals surface area (Å²) in [6.07, 6.45) is 4.77. The molecule has 0 aromatic heterocycles. The fraction of sp³-hybridized carbons (Fsp3) is 0.250. The molecule has 1 aromatic carbocycles. The molecule has 2 heteroatoms. The third-order valence-electron chi connectivity index (χ3n) is 1.88. The van der Waals surface area contributed by atoms with E-state index in [-0.39, 0.29) is 0 Å². The number of nitrogens with one attached hydrogen (secondary N) is 1. The number of hydrogen-bond donors (Lipinski definition) is 1. The molecule has 1 aromatic rings. The Bertz CT molecular complexity index is 312. The fourth-order valence-electron chi connectivity index (χ4n) is 1.32. The van der Waals surface area contributed by atoms with E-state index >= 15 is 0 Å². The summed E-state index contributed by atoms with van der Waals surface area (Å²) in [5.41, 5.74) is 2.48. The highest BCUT2D eigenvalue weighted by Gasteiger charge is 1.95. The Morgan fingerprint density at radius 3 is 2.64 bits per heavy atom. The van der Waals surface area contributed by atoms with Crippen LogP contribution >= 0.6 is 0 Å². The molecular weight excluding hydrogens is 172 g/mol. The molecule has 0 fully saturated rings. The van der Waals surface area contributed by atoms with Gasteiger partial charge < -0.3 is 5.32 Å². The molecule has 0 amide bonds. The van der Waals surface area contributed by atoms with Gasteiger partial charge in [0.1, 0.15) is 0 Å². The minimum atomic E-state index is 0.916. The van der Waals surface area contributed by atoms with Crippen molar-refractivity contribution in [3.8, 4) is 0 Å². The molecular formula is C12H16N2. The predicted octanol–water partition coefficient (Wildman–Crippen LogP) is 2.03. The lowest BCUT2D eigenvalue weighted by atomic mass is 10.1.